The molecule has 0 aliphatic carbocycles. The Labute approximate surface area is 396 Å². The Balaban J connectivity index is 1.02. The lowest BCUT2D eigenvalue weighted by atomic mass is 9.98. The van der Waals surface area contributed by atoms with E-state index in [2.05, 4.69) is 199 Å². The van der Waals surface area contributed by atoms with Gasteiger partial charge >= 0.3 is 0 Å². The SMILES string of the molecule is c1ccc2cc3c(cc2c1)c1ccccc1n3-c1ccc(-c2nc(-c3cccc4c3sc3ccccc34)nc(-c3cccc4sc5ccccc5c34)n2)cc1-c1ccc2c(c1)oc1ccccc12. The number of fused-ring (bicyclic) bond motifs is 13. The van der Waals surface area contributed by atoms with E-state index >= 15 is 0 Å². The number of rotatable bonds is 5. The van der Waals surface area contributed by atoms with Crippen LogP contribution in [-0.4, -0.2) is 19.5 Å². The number of aromatic nitrogens is 4. The van der Waals surface area contributed by atoms with E-state index in [1.807, 2.05) is 12.1 Å². The van der Waals surface area contributed by atoms with E-state index in [1.54, 1.807) is 22.7 Å². The van der Waals surface area contributed by atoms with Crippen LogP contribution in [0, 0.1) is 0 Å². The van der Waals surface area contributed by atoms with Crippen LogP contribution in [0.2, 0.25) is 0 Å². The van der Waals surface area contributed by atoms with Crippen LogP contribution in [0.1, 0.15) is 0 Å². The molecule has 0 aliphatic rings. The van der Waals surface area contributed by atoms with Gasteiger partial charge in [-0.3, -0.25) is 0 Å². The van der Waals surface area contributed by atoms with Gasteiger partial charge in [0.05, 0.1) is 16.7 Å². The highest BCUT2D eigenvalue weighted by atomic mass is 32.1. The average molecular weight is 903 g/mol. The van der Waals surface area contributed by atoms with E-state index in [9.17, 15) is 0 Å². The number of para-hydroxylation sites is 2. The lowest BCUT2D eigenvalue weighted by Gasteiger charge is -2.16. The van der Waals surface area contributed by atoms with Gasteiger partial charge in [-0.05, 0) is 95.2 Å². The van der Waals surface area contributed by atoms with Crippen molar-refractivity contribution in [3.05, 3.63) is 206 Å². The maximum atomic E-state index is 6.56. The van der Waals surface area contributed by atoms with Gasteiger partial charge in [-0.15, -0.1) is 22.7 Å². The van der Waals surface area contributed by atoms with Crippen molar-refractivity contribution in [2.24, 2.45) is 0 Å². The molecule has 15 aromatic rings. The molecule has 10 aromatic carbocycles. The van der Waals surface area contributed by atoms with Crippen LogP contribution >= 0.6 is 22.7 Å². The summed E-state index contributed by atoms with van der Waals surface area (Å²) in [4.78, 5) is 16.3. The summed E-state index contributed by atoms with van der Waals surface area (Å²) in [5.41, 5.74) is 9.94. The number of hydrogen-bond acceptors (Lipinski definition) is 6. The Hall–Kier alpha value is -8.49. The Morgan fingerprint density at radius 1 is 0.353 bits per heavy atom. The van der Waals surface area contributed by atoms with Gasteiger partial charge in [0.2, 0.25) is 0 Å². The summed E-state index contributed by atoms with van der Waals surface area (Å²) in [5, 5.41) is 11.8. The molecular weight excluding hydrogens is 869 g/mol. The van der Waals surface area contributed by atoms with E-state index < -0.39 is 0 Å². The zero-order valence-corrected chi connectivity index (χ0v) is 37.8. The van der Waals surface area contributed by atoms with Crippen LogP contribution in [0.4, 0.5) is 0 Å². The van der Waals surface area contributed by atoms with Crippen LogP contribution in [0.15, 0.2) is 211 Å². The van der Waals surface area contributed by atoms with Crippen molar-refractivity contribution in [1.29, 1.82) is 0 Å². The Morgan fingerprint density at radius 3 is 1.87 bits per heavy atom. The number of hydrogen-bond donors (Lipinski definition) is 0. The summed E-state index contributed by atoms with van der Waals surface area (Å²) >= 11 is 3.59. The van der Waals surface area contributed by atoms with Gasteiger partial charge in [0.15, 0.2) is 17.5 Å². The number of nitrogens with zero attached hydrogens (tertiary/aromatic N) is 4. The predicted octanol–water partition coefficient (Wildman–Crippen LogP) is 17.4. The fraction of sp³-hybridized carbons (Fsp3) is 0. The molecule has 5 nitrogen and oxygen atoms in total. The Kier molecular flexibility index (Phi) is 8.04. The first kappa shape index (κ1) is 37.7. The molecule has 0 atom stereocenters. The fourth-order valence-corrected chi connectivity index (χ4v) is 12.9. The maximum Gasteiger partial charge on any atom is 0.165 e. The molecule has 0 N–H and O–H groups in total. The molecule has 15 rings (SSSR count). The topological polar surface area (TPSA) is 56.7 Å². The van der Waals surface area contributed by atoms with Gasteiger partial charge in [-0.2, -0.15) is 0 Å². The van der Waals surface area contributed by atoms with Gasteiger partial charge in [0.1, 0.15) is 11.2 Å². The zero-order valence-electron chi connectivity index (χ0n) is 36.1. The van der Waals surface area contributed by atoms with Crippen molar-refractivity contribution in [3.8, 4) is 51.0 Å². The van der Waals surface area contributed by atoms with E-state index in [0.717, 1.165) is 76.6 Å². The van der Waals surface area contributed by atoms with Crippen LogP contribution in [0.5, 0.6) is 0 Å². The van der Waals surface area contributed by atoms with E-state index in [1.165, 1.54) is 51.8 Å². The minimum atomic E-state index is 0.602. The highest BCUT2D eigenvalue weighted by molar-refractivity contribution is 7.26. The standard InChI is InChI=1S/C61H34N4OS2/c1-2-14-36-33-51-48(31-35(36)13-1)39-15-3-7-22-49(39)65(51)50-30-28-38(32-47(50)37-27-29-41-40-16-4-8-23-52(40)66-53(41)34-37)59-62-60(45-20-12-26-56-57(45)44-18-6-10-25-55(44)67-56)64-61(63-59)46-21-11-19-43-42-17-5-9-24-54(42)68-58(43)46/h1-34H. The fourth-order valence-electron chi connectivity index (χ4n) is 10.5. The Morgan fingerprint density at radius 2 is 0.985 bits per heavy atom. The van der Waals surface area contributed by atoms with Crippen LogP contribution in [-0.2, 0) is 0 Å². The van der Waals surface area contributed by atoms with E-state index in [0.29, 0.717) is 17.5 Å². The minimum absolute atomic E-state index is 0.602. The molecule has 0 saturated carbocycles. The summed E-state index contributed by atoms with van der Waals surface area (Å²) in [5.74, 6) is 1.88. The van der Waals surface area contributed by atoms with Gasteiger partial charge in [-0.25, -0.2) is 15.0 Å². The van der Waals surface area contributed by atoms with Crippen LogP contribution in [0.3, 0.4) is 0 Å². The number of benzene rings is 10. The minimum Gasteiger partial charge on any atom is -0.456 e. The van der Waals surface area contributed by atoms with Crippen molar-refractivity contribution in [1.82, 2.24) is 19.5 Å². The summed E-state index contributed by atoms with van der Waals surface area (Å²) in [6.07, 6.45) is 0. The van der Waals surface area contributed by atoms with E-state index in [4.69, 9.17) is 19.4 Å². The number of furan rings is 1. The van der Waals surface area contributed by atoms with Gasteiger partial charge < -0.3 is 8.98 Å². The molecule has 0 fully saturated rings. The summed E-state index contributed by atoms with van der Waals surface area (Å²) < 4.78 is 13.8. The monoisotopic (exact) mass is 902 g/mol. The molecule has 68 heavy (non-hydrogen) atoms. The molecule has 5 aromatic heterocycles. The van der Waals surface area contributed by atoms with Crippen molar-refractivity contribution < 1.29 is 4.42 Å². The first-order chi connectivity index (χ1) is 33.7. The lowest BCUT2D eigenvalue weighted by molar-refractivity contribution is 0.669. The van der Waals surface area contributed by atoms with Crippen molar-refractivity contribution in [2.75, 3.05) is 0 Å². The molecule has 0 aliphatic heterocycles. The molecule has 0 radical (unpaired) electrons. The molecule has 7 heteroatoms. The van der Waals surface area contributed by atoms with Crippen molar-refractivity contribution in [2.45, 2.75) is 0 Å². The first-order valence-corrected chi connectivity index (χ1v) is 24.4. The first-order valence-electron chi connectivity index (χ1n) is 22.7. The second-order valence-corrected chi connectivity index (χ2v) is 19.6. The molecule has 0 unspecified atom stereocenters. The molecule has 0 saturated heterocycles. The Bertz CT molecular complexity index is 4590. The molecule has 316 valence electrons. The predicted molar refractivity (Wildman–Crippen MR) is 286 cm³/mol. The van der Waals surface area contributed by atoms with Crippen molar-refractivity contribution in [3.63, 3.8) is 0 Å². The molecule has 0 bridgehead atoms. The quantitative estimate of drug-likeness (QED) is 0.173. The average Bonchev–Trinajstić information content (AvgIpc) is 4.16. The summed E-state index contributed by atoms with van der Waals surface area (Å²) in [7, 11) is 0. The zero-order chi connectivity index (χ0) is 44.5. The molecular formula is C61H34N4OS2. The highest BCUT2D eigenvalue weighted by Gasteiger charge is 2.22. The van der Waals surface area contributed by atoms with Gasteiger partial charge in [-0.1, -0.05) is 127 Å². The number of thiophene rings is 2. The van der Waals surface area contributed by atoms with E-state index in [-0.39, 0.29) is 0 Å². The summed E-state index contributed by atoms with van der Waals surface area (Å²) in [6, 6.07) is 73.8. The van der Waals surface area contributed by atoms with Gasteiger partial charge in [0, 0.05) is 84.1 Å². The lowest BCUT2D eigenvalue weighted by Crippen LogP contribution is -2.02. The third kappa shape index (κ3) is 5.64. The second kappa shape index (κ2) is 14.5. The second-order valence-electron chi connectivity index (χ2n) is 17.5. The normalized spacial score (nSPS) is 12.1. The molecule has 0 spiro atoms. The maximum absolute atomic E-state index is 6.56. The van der Waals surface area contributed by atoms with Gasteiger partial charge in [0.25, 0.3) is 0 Å². The van der Waals surface area contributed by atoms with Crippen LogP contribution < -0.4 is 0 Å². The highest BCUT2D eigenvalue weighted by Crippen LogP contribution is 2.44. The summed E-state index contributed by atoms with van der Waals surface area (Å²) in [6.45, 7) is 0. The third-order valence-corrected chi connectivity index (χ3v) is 16.0. The van der Waals surface area contributed by atoms with Crippen LogP contribution in [0.25, 0.3) is 146 Å². The largest absolute Gasteiger partial charge is 0.456 e. The molecule has 0 amide bonds. The molecule has 5 heterocycles. The third-order valence-electron chi connectivity index (χ3n) is 13.6. The smallest absolute Gasteiger partial charge is 0.165 e. The van der Waals surface area contributed by atoms with Crippen molar-refractivity contribution >= 4 is 118 Å².